The van der Waals surface area contributed by atoms with Crippen LogP contribution < -0.4 is 4.74 Å². The molecule has 0 spiro atoms. The number of methoxy groups -OCH3 is 1. The van der Waals surface area contributed by atoms with Crippen LogP contribution >= 0.6 is 0 Å². The summed E-state index contributed by atoms with van der Waals surface area (Å²) in [5, 5.41) is 14.7. The molecule has 2 heterocycles. The molecule has 29 heavy (non-hydrogen) atoms. The molecule has 2 aromatic heterocycles. The lowest BCUT2D eigenvalue weighted by molar-refractivity contribution is 0.415. The Morgan fingerprint density at radius 1 is 1.03 bits per heavy atom. The van der Waals surface area contributed by atoms with Crippen molar-refractivity contribution in [2.24, 2.45) is 0 Å². The Bertz CT molecular complexity index is 1200. The third-order valence-electron chi connectivity index (χ3n) is 4.66. The van der Waals surface area contributed by atoms with Crippen LogP contribution in [0.4, 0.5) is 0 Å². The number of fused-ring (bicyclic) bond motifs is 1. The van der Waals surface area contributed by atoms with Crippen molar-refractivity contribution in [1.29, 1.82) is 5.26 Å². The smallest absolute Gasteiger partial charge is 0.118 e. The second-order valence-electron chi connectivity index (χ2n) is 6.59. The molecule has 0 unspecified atom stereocenters. The van der Waals surface area contributed by atoms with Gasteiger partial charge in [0.2, 0.25) is 0 Å². The van der Waals surface area contributed by atoms with Crippen molar-refractivity contribution in [3.05, 3.63) is 78.1 Å². The molecule has 0 bridgehead atoms. The molecule has 0 N–H and O–H groups in total. The molecule has 0 aliphatic heterocycles. The van der Waals surface area contributed by atoms with E-state index in [1.807, 2.05) is 71.6 Å². The SMILES string of the molecule is COc1ccc(-c2nn(CCC#N)cc2/C=C/c2ccc3ccccc3n2)cc1. The van der Waals surface area contributed by atoms with E-state index in [0.29, 0.717) is 13.0 Å². The van der Waals surface area contributed by atoms with E-state index in [0.717, 1.165) is 39.2 Å². The Kier molecular flexibility index (Phi) is 5.35. The van der Waals surface area contributed by atoms with Gasteiger partial charge in [-0.2, -0.15) is 10.4 Å². The normalized spacial score (nSPS) is 11.0. The van der Waals surface area contributed by atoms with Gasteiger partial charge in [-0.05, 0) is 48.6 Å². The topological polar surface area (TPSA) is 63.7 Å². The predicted molar refractivity (Wildman–Crippen MR) is 115 cm³/mol. The minimum Gasteiger partial charge on any atom is -0.497 e. The Balaban J connectivity index is 1.69. The largest absolute Gasteiger partial charge is 0.497 e. The van der Waals surface area contributed by atoms with Crippen molar-refractivity contribution in [3.8, 4) is 23.1 Å². The number of benzene rings is 2. The molecule has 4 aromatic rings. The third-order valence-corrected chi connectivity index (χ3v) is 4.66. The van der Waals surface area contributed by atoms with Gasteiger partial charge in [0.15, 0.2) is 0 Å². The molecular weight excluding hydrogens is 360 g/mol. The zero-order valence-electron chi connectivity index (χ0n) is 16.1. The Labute approximate surface area is 169 Å². The number of aromatic nitrogens is 3. The summed E-state index contributed by atoms with van der Waals surface area (Å²) in [6.45, 7) is 0.557. The summed E-state index contributed by atoms with van der Waals surface area (Å²) >= 11 is 0. The third kappa shape index (κ3) is 4.17. The molecule has 4 rings (SSSR count). The summed E-state index contributed by atoms with van der Waals surface area (Å²) < 4.78 is 7.07. The maximum absolute atomic E-state index is 8.89. The maximum atomic E-state index is 8.89. The molecule has 0 aliphatic rings. The number of nitriles is 1. The molecule has 5 nitrogen and oxygen atoms in total. The van der Waals surface area contributed by atoms with E-state index < -0.39 is 0 Å². The lowest BCUT2D eigenvalue weighted by atomic mass is 10.1. The average molecular weight is 380 g/mol. The summed E-state index contributed by atoms with van der Waals surface area (Å²) in [7, 11) is 1.65. The van der Waals surface area contributed by atoms with Crippen molar-refractivity contribution < 1.29 is 4.74 Å². The van der Waals surface area contributed by atoms with Gasteiger partial charge in [-0.25, -0.2) is 4.98 Å². The summed E-state index contributed by atoms with van der Waals surface area (Å²) in [5.41, 5.74) is 4.68. The molecule has 142 valence electrons. The zero-order chi connectivity index (χ0) is 20.1. The Morgan fingerprint density at radius 3 is 2.66 bits per heavy atom. The number of ether oxygens (including phenoxy) is 1. The Morgan fingerprint density at radius 2 is 1.86 bits per heavy atom. The lowest BCUT2D eigenvalue weighted by Gasteiger charge is -2.02. The highest BCUT2D eigenvalue weighted by Gasteiger charge is 2.10. The number of pyridine rings is 1. The lowest BCUT2D eigenvalue weighted by Crippen LogP contribution is -1.97. The summed E-state index contributed by atoms with van der Waals surface area (Å²) in [5.74, 6) is 0.801. The second-order valence-corrected chi connectivity index (χ2v) is 6.59. The monoisotopic (exact) mass is 380 g/mol. The predicted octanol–water partition coefficient (Wildman–Crippen LogP) is 5.19. The Hall–Kier alpha value is -3.91. The fraction of sp³-hybridized carbons (Fsp3) is 0.125. The van der Waals surface area contributed by atoms with Crippen LogP contribution in [0.5, 0.6) is 5.75 Å². The van der Waals surface area contributed by atoms with Crippen LogP contribution in [0.1, 0.15) is 17.7 Å². The van der Waals surface area contributed by atoms with E-state index in [-0.39, 0.29) is 0 Å². The first-order valence-electron chi connectivity index (χ1n) is 9.39. The van der Waals surface area contributed by atoms with Gasteiger partial charge in [0, 0.05) is 22.7 Å². The van der Waals surface area contributed by atoms with Gasteiger partial charge in [-0.3, -0.25) is 4.68 Å². The molecule has 0 radical (unpaired) electrons. The highest BCUT2D eigenvalue weighted by Crippen LogP contribution is 2.26. The number of nitrogens with zero attached hydrogens (tertiary/aromatic N) is 4. The van der Waals surface area contributed by atoms with Gasteiger partial charge in [0.1, 0.15) is 5.75 Å². The van der Waals surface area contributed by atoms with Crippen molar-refractivity contribution >= 4 is 23.1 Å². The maximum Gasteiger partial charge on any atom is 0.118 e. The van der Waals surface area contributed by atoms with Gasteiger partial charge in [0.25, 0.3) is 0 Å². The molecule has 0 atom stereocenters. The number of para-hydroxylation sites is 1. The highest BCUT2D eigenvalue weighted by molar-refractivity contribution is 5.82. The van der Waals surface area contributed by atoms with Crippen LogP contribution in [0.25, 0.3) is 34.3 Å². The molecular formula is C24H20N4O. The van der Waals surface area contributed by atoms with Crippen LogP contribution in [-0.2, 0) is 6.54 Å². The first-order chi connectivity index (χ1) is 14.3. The fourth-order valence-electron chi connectivity index (χ4n) is 3.16. The standard InChI is InChI=1S/C24H20N4O/c1-29-22-13-9-19(10-14-22)24-20(17-28(27-24)16-4-15-25)8-12-21-11-7-18-5-2-3-6-23(18)26-21/h2-3,5-14,17H,4,16H2,1H3/b12-8+. The second kappa shape index (κ2) is 8.41. The van der Waals surface area contributed by atoms with Crippen LogP contribution in [0, 0.1) is 11.3 Å². The van der Waals surface area contributed by atoms with Crippen LogP contribution in [0.2, 0.25) is 0 Å². The van der Waals surface area contributed by atoms with Crippen LogP contribution in [-0.4, -0.2) is 21.9 Å². The molecule has 5 heteroatoms. The molecule has 0 amide bonds. The van der Waals surface area contributed by atoms with E-state index in [9.17, 15) is 0 Å². The summed E-state index contributed by atoms with van der Waals surface area (Å²) in [4.78, 5) is 4.70. The summed E-state index contributed by atoms with van der Waals surface area (Å²) in [6.07, 6.45) is 6.39. The van der Waals surface area contributed by atoms with E-state index in [2.05, 4.69) is 23.3 Å². The minimum atomic E-state index is 0.416. The first kappa shape index (κ1) is 18.5. The zero-order valence-corrected chi connectivity index (χ0v) is 16.1. The fourth-order valence-corrected chi connectivity index (χ4v) is 3.16. The minimum absolute atomic E-state index is 0.416. The van der Waals surface area contributed by atoms with Crippen molar-refractivity contribution in [1.82, 2.24) is 14.8 Å². The van der Waals surface area contributed by atoms with E-state index in [1.165, 1.54) is 0 Å². The van der Waals surface area contributed by atoms with Gasteiger partial charge in [-0.15, -0.1) is 0 Å². The number of hydrogen-bond donors (Lipinski definition) is 0. The highest BCUT2D eigenvalue weighted by atomic mass is 16.5. The van der Waals surface area contributed by atoms with Gasteiger partial charge >= 0.3 is 0 Å². The van der Waals surface area contributed by atoms with Crippen molar-refractivity contribution in [2.75, 3.05) is 7.11 Å². The van der Waals surface area contributed by atoms with Gasteiger partial charge in [-0.1, -0.05) is 24.3 Å². The molecule has 0 saturated heterocycles. The van der Waals surface area contributed by atoms with Gasteiger partial charge in [0.05, 0.1) is 43.0 Å². The molecule has 0 fully saturated rings. The number of rotatable bonds is 6. The van der Waals surface area contributed by atoms with Crippen molar-refractivity contribution in [3.63, 3.8) is 0 Å². The quantitative estimate of drug-likeness (QED) is 0.462. The van der Waals surface area contributed by atoms with E-state index in [4.69, 9.17) is 15.0 Å². The molecule has 0 saturated carbocycles. The van der Waals surface area contributed by atoms with E-state index in [1.54, 1.807) is 7.11 Å². The van der Waals surface area contributed by atoms with Crippen molar-refractivity contribution in [2.45, 2.75) is 13.0 Å². The van der Waals surface area contributed by atoms with Crippen LogP contribution in [0.3, 0.4) is 0 Å². The molecule has 0 aliphatic carbocycles. The average Bonchev–Trinajstić information content (AvgIpc) is 3.19. The van der Waals surface area contributed by atoms with E-state index >= 15 is 0 Å². The number of aryl methyl sites for hydroxylation is 1. The van der Waals surface area contributed by atoms with Gasteiger partial charge < -0.3 is 4.74 Å². The number of hydrogen-bond acceptors (Lipinski definition) is 4. The van der Waals surface area contributed by atoms with Crippen LogP contribution in [0.15, 0.2) is 66.9 Å². The molecule has 2 aromatic carbocycles. The summed E-state index contributed by atoms with van der Waals surface area (Å²) in [6, 6.07) is 22.1. The first-order valence-corrected chi connectivity index (χ1v) is 9.39.